The predicted molar refractivity (Wildman–Crippen MR) is 97.8 cm³/mol. The van der Waals surface area contributed by atoms with Crippen molar-refractivity contribution >= 4 is 23.1 Å². The van der Waals surface area contributed by atoms with Crippen molar-refractivity contribution in [2.75, 3.05) is 31.1 Å². The molecular weight excluding hydrogens is 320 g/mol. The van der Waals surface area contributed by atoms with Gasteiger partial charge in [-0.05, 0) is 23.8 Å². The van der Waals surface area contributed by atoms with Gasteiger partial charge in [0.2, 0.25) is 0 Å². The molecule has 1 aliphatic carbocycles. The molecule has 1 fully saturated rings. The average Bonchev–Trinajstić information content (AvgIpc) is 2.94. The third kappa shape index (κ3) is 2.80. The van der Waals surface area contributed by atoms with Crippen LogP contribution < -0.4 is 4.90 Å². The van der Waals surface area contributed by atoms with Crippen LogP contribution in [0.15, 0.2) is 60.3 Å². The molecule has 2 aromatic carbocycles. The molecule has 0 radical (unpaired) electrons. The van der Waals surface area contributed by atoms with E-state index >= 15 is 0 Å². The first-order valence-corrected chi connectivity index (χ1v) is 8.67. The molecule has 24 heavy (non-hydrogen) atoms. The van der Waals surface area contributed by atoms with Gasteiger partial charge in [0.1, 0.15) is 0 Å². The maximum atomic E-state index is 12.5. The number of ketones is 1. The minimum Gasteiger partial charge on any atom is -0.373 e. The molecule has 1 aliphatic heterocycles. The highest BCUT2D eigenvalue weighted by Crippen LogP contribution is 2.32. The van der Waals surface area contributed by atoms with Gasteiger partial charge in [-0.15, -0.1) is 0 Å². The number of rotatable bonds is 2. The van der Waals surface area contributed by atoms with Gasteiger partial charge in [0, 0.05) is 60.6 Å². The third-order valence-corrected chi connectivity index (χ3v) is 5.15. The SMILES string of the molecule is O=C1/C(=C/N2CCN(c3ccccc3)CC2)Cc2c(Cl)cccc21. The molecule has 0 saturated carbocycles. The lowest BCUT2D eigenvalue weighted by Crippen LogP contribution is -2.44. The van der Waals surface area contributed by atoms with Crippen molar-refractivity contribution in [3.63, 3.8) is 0 Å². The van der Waals surface area contributed by atoms with Crippen molar-refractivity contribution in [1.82, 2.24) is 4.90 Å². The Kier molecular flexibility index (Phi) is 4.03. The highest BCUT2D eigenvalue weighted by Gasteiger charge is 2.27. The fraction of sp³-hybridized carbons (Fsp3) is 0.250. The van der Waals surface area contributed by atoms with E-state index in [0.717, 1.165) is 42.9 Å². The van der Waals surface area contributed by atoms with Crippen LogP contribution in [0.3, 0.4) is 0 Å². The minimum absolute atomic E-state index is 0.123. The van der Waals surface area contributed by atoms with Crippen LogP contribution >= 0.6 is 11.6 Å². The summed E-state index contributed by atoms with van der Waals surface area (Å²) in [5, 5.41) is 0.693. The van der Waals surface area contributed by atoms with E-state index in [1.165, 1.54) is 5.69 Å². The monoisotopic (exact) mass is 338 g/mol. The number of para-hydroxylation sites is 1. The van der Waals surface area contributed by atoms with Crippen molar-refractivity contribution < 1.29 is 4.79 Å². The lowest BCUT2D eigenvalue weighted by molar-refractivity contribution is 0.103. The number of anilines is 1. The molecule has 4 rings (SSSR count). The van der Waals surface area contributed by atoms with E-state index in [-0.39, 0.29) is 5.78 Å². The number of allylic oxidation sites excluding steroid dienone is 1. The van der Waals surface area contributed by atoms with Gasteiger partial charge in [-0.2, -0.15) is 0 Å². The molecule has 2 aromatic rings. The van der Waals surface area contributed by atoms with E-state index in [2.05, 4.69) is 34.1 Å². The van der Waals surface area contributed by atoms with Gasteiger partial charge >= 0.3 is 0 Å². The van der Waals surface area contributed by atoms with E-state index in [9.17, 15) is 4.79 Å². The predicted octanol–water partition coefficient (Wildman–Crippen LogP) is 3.78. The summed E-state index contributed by atoms with van der Waals surface area (Å²) in [7, 11) is 0. The minimum atomic E-state index is 0.123. The third-order valence-electron chi connectivity index (χ3n) is 4.80. The fourth-order valence-electron chi connectivity index (χ4n) is 3.47. The van der Waals surface area contributed by atoms with E-state index in [1.807, 2.05) is 30.5 Å². The first-order chi connectivity index (χ1) is 11.7. The normalized spacial score (nSPS) is 19.0. The number of nitrogens with zero attached hydrogens (tertiary/aromatic N) is 2. The summed E-state index contributed by atoms with van der Waals surface area (Å²) < 4.78 is 0. The van der Waals surface area contributed by atoms with Crippen LogP contribution in [-0.4, -0.2) is 36.9 Å². The van der Waals surface area contributed by atoms with Crippen LogP contribution in [0.5, 0.6) is 0 Å². The molecule has 0 bridgehead atoms. The Morgan fingerprint density at radius 2 is 1.67 bits per heavy atom. The van der Waals surface area contributed by atoms with E-state index in [4.69, 9.17) is 11.6 Å². The number of piperazine rings is 1. The molecule has 0 aromatic heterocycles. The smallest absolute Gasteiger partial charge is 0.191 e. The van der Waals surface area contributed by atoms with Crippen molar-refractivity contribution in [1.29, 1.82) is 0 Å². The van der Waals surface area contributed by atoms with E-state index in [0.29, 0.717) is 11.4 Å². The first-order valence-electron chi connectivity index (χ1n) is 8.29. The maximum Gasteiger partial charge on any atom is 0.191 e. The fourth-order valence-corrected chi connectivity index (χ4v) is 3.71. The van der Waals surface area contributed by atoms with Crippen LogP contribution in [0.2, 0.25) is 5.02 Å². The number of benzene rings is 2. The van der Waals surface area contributed by atoms with Crippen LogP contribution in [0, 0.1) is 0 Å². The second-order valence-electron chi connectivity index (χ2n) is 6.28. The van der Waals surface area contributed by atoms with E-state index in [1.54, 1.807) is 0 Å². The quantitative estimate of drug-likeness (QED) is 0.778. The zero-order chi connectivity index (χ0) is 16.5. The summed E-state index contributed by atoms with van der Waals surface area (Å²) in [6.07, 6.45) is 2.69. The highest BCUT2D eigenvalue weighted by molar-refractivity contribution is 6.32. The summed E-state index contributed by atoms with van der Waals surface area (Å²) in [5.74, 6) is 0.123. The topological polar surface area (TPSA) is 23.6 Å². The lowest BCUT2D eigenvalue weighted by Gasteiger charge is -2.35. The molecule has 1 saturated heterocycles. The number of carbonyl (C=O) groups excluding carboxylic acids is 1. The van der Waals surface area contributed by atoms with Gasteiger partial charge in [0.05, 0.1) is 0 Å². The summed E-state index contributed by atoms with van der Waals surface area (Å²) >= 11 is 6.23. The van der Waals surface area contributed by atoms with Crippen molar-refractivity contribution in [2.24, 2.45) is 0 Å². The van der Waals surface area contributed by atoms with E-state index < -0.39 is 0 Å². The van der Waals surface area contributed by atoms with Gasteiger partial charge in [-0.1, -0.05) is 41.9 Å². The second-order valence-corrected chi connectivity index (χ2v) is 6.69. The molecule has 4 heteroatoms. The molecule has 0 spiro atoms. The Bertz CT molecular complexity index is 793. The van der Waals surface area contributed by atoms with Gasteiger partial charge in [-0.3, -0.25) is 4.79 Å². The van der Waals surface area contributed by atoms with Gasteiger partial charge < -0.3 is 9.80 Å². The molecular formula is C20H19ClN2O. The number of Topliss-reactive ketones (excluding diaryl/α,β-unsaturated/α-hetero) is 1. The van der Waals surface area contributed by atoms with Gasteiger partial charge in [0.15, 0.2) is 5.78 Å². The van der Waals surface area contributed by atoms with Crippen molar-refractivity contribution in [2.45, 2.75) is 6.42 Å². The second kappa shape index (κ2) is 6.33. The largest absolute Gasteiger partial charge is 0.373 e. The molecule has 0 N–H and O–H groups in total. The maximum absolute atomic E-state index is 12.5. The Morgan fingerprint density at radius 1 is 0.917 bits per heavy atom. The number of carbonyl (C=O) groups is 1. The first kappa shape index (κ1) is 15.3. The highest BCUT2D eigenvalue weighted by atomic mass is 35.5. The summed E-state index contributed by atoms with van der Waals surface area (Å²) in [6.45, 7) is 3.79. The molecule has 2 aliphatic rings. The average molecular weight is 339 g/mol. The molecule has 0 unspecified atom stereocenters. The number of fused-ring (bicyclic) bond motifs is 1. The summed E-state index contributed by atoms with van der Waals surface area (Å²) in [4.78, 5) is 17.2. The summed E-state index contributed by atoms with van der Waals surface area (Å²) in [5.41, 5.74) is 3.85. The van der Waals surface area contributed by atoms with Crippen LogP contribution in [0.25, 0.3) is 0 Å². The van der Waals surface area contributed by atoms with Crippen LogP contribution in [0.4, 0.5) is 5.69 Å². The number of hydrogen-bond acceptors (Lipinski definition) is 3. The zero-order valence-electron chi connectivity index (χ0n) is 13.4. The zero-order valence-corrected chi connectivity index (χ0v) is 14.2. The molecule has 122 valence electrons. The number of hydrogen-bond donors (Lipinski definition) is 0. The standard InChI is InChI=1S/C20H19ClN2O/c21-19-8-4-7-17-18(19)13-15(20(17)24)14-22-9-11-23(12-10-22)16-5-2-1-3-6-16/h1-8,14H,9-13H2/b15-14+. The van der Waals surface area contributed by atoms with Gasteiger partial charge in [0.25, 0.3) is 0 Å². The Hall–Kier alpha value is -2.26. The number of halogens is 1. The van der Waals surface area contributed by atoms with Crippen molar-refractivity contribution in [3.05, 3.63) is 76.5 Å². The van der Waals surface area contributed by atoms with Crippen molar-refractivity contribution in [3.8, 4) is 0 Å². The molecule has 3 nitrogen and oxygen atoms in total. The van der Waals surface area contributed by atoms with Crippen LogP contribution in [-0.2, 0) is 6.42 Å². The molecule has 1 heterocycles. The molecule has 0 atom stereocenters. The molecule has 0 amide bonds. The Morgan fingerprint density at radius 3 is 2.38 bits per heavy atom. The summed E-state index contributed by atoms with van der Waals surface area (Å²) in [6, 6.07) is 16.1. The Labute approximate surface area is 147 Å². The lowest BCUT2D eigenvalue weighted by atomic mass is 10.1. The van der Waals surface area contributed by atoms with Gasteiger partial charge in [-0.25, -0.2) is 0 Å². The van der Waals surface area contributed by atoms with Crippen LogP contribution in [0.1, 0.15) is 15.9 Å². The Balaban J connectivity index is 1.45.